The Morgan fingerprint density at radius 2 is 0.949 bits per heavy atom. The van der Waals surface area contributed by atoms with Gasteiger partial charge in [0.05, 0.1) is 22.4 Å². The monoisotopic (exact) mass is 822 g/mol. The molecule has 296 valence electrons. The van der Waals surface area contributed by atoms with E-state index in [1.165, 1.54) is 105 Å². The molecular weight excluding hydrogens is 769 g/mol. The topological polar surface area (TPSA) is 25.8 Å². The molecule has 59 heavy (non-hydrogen) atoms. The van der Waals surface area contributed by atoms with E-state index in [4.69, 9.17) is 9.97 Å². The van der Waals surface area contributed by atoms with Crippen LogP contribution < -0.4 is 10.4 Å². The van der Waals surface area contributed by atoms with Gasteiger partial charge in [-0.3, -0.25) is 0 Å². The molecule has 0 aliphatic carbocycles. The van der Waals surface area contributed by atoms with E-state index in [1.54, 1.807) is 10.4 Å². The Labute approximate surface area is 360 Å². The van der Waals surface area contributed by atoms with Gasteiger partial charge < -0.3 is 0 Å². The SMILES string of the molecule is CCCCCC[Si]1(CCCCCC)c2cc(C)ccc2-c2ccc(-c3ccc(-c4ccc(-c5ccc(C)s5)c5nc(-c6ccccc6)c(-c6ccccc6)nc45)s3)cc21. The fraction of sp³-hybridized carbons (Fsp3) is 0.259. The summed E-state index contributed by atoms with van der Waals surface area (Å²) in [4.78, 5) is 16.2. The first-order chi connectivity index (χ1) is 29.0. The van der Waals surface area contributed by atoms with E-state index in [1.807, 2.05) is 22.7 Å². The van der Waals surface area contributed by atoms with Crippen LogP contribution in [0.15, 0.2) is 133 Å². The molecule has 0 bridgehead atoms. The maximum absolute atomic E-state index is 5.61. The number of rotatable bonds is 15. The Kier molecular flexibility index (Phi) is 11.6. The van der Waals surface area contributed by atoms with Gasteiger partial charge in [0.15, 0.2) is 0 Å². The van der Waals surface area contributed by atoms with Crippen molar-refractivity contribution in [3.63, 3.8) is 0 Å². The summed E-state index contributed by atoms with van der Waals surface area (Å²) in [7, 11) is -1.98. The molecule has 0 fully saturated rings. The Morgan fingerprint density at radius 3 is 1.51 bits per heavy atom. The zero-order valence-corrected chi connectivity index (χ0v) is 37.6. The van der Waals surface area contributed by atoms with Gasteiger partial charge in [-0.25, -0.2) is 9.97 Å². The number of aryl methyl sites for hydroxylation is 2. The molecule has 0 unspecified atom stereocenters. The predicted molar refractivity (Wildman–Crippen MR) is 260 cm³/mol. The first-order valence-corrected chi connectivity index (χ1v) is 25.9. The van der Waals surface area contributed by atoms with Gasteiger partial charge in [0.1, 0.15) is 8.07 Å². The minimum Gasteiger partial charge on any atom is -0.243 e. The van der Waals surface area contributed by atoms with Crippen molar-refractivity contribution in [2.45, 2.75) is 91.1 Å². The van der Waals surface area contributed by atoms with Crippen LogP contribution in [0.3, 0.4) is 0 Å². The smallest absolute Gasteiger partial charge is 0.119 e. The molecule has 4 heterocycles. The highest BCUT2D eigenvalue weighted by Crippen LogP contribution is 2.44. The lowest BCUT2D eigenvalue weighted by Gasteiger charge is -2.31. The summed E-state index contributed by atoms with van der Waals surface area (Å²) >= 11 is 3.71. The van der Waals surface area contributed by atoms with E-state index in [0.717, 1.165) is 44.7 Å². The molecule has 1 aliphatic heterocycles. The maximum Gasteiger partial charge on any atom is 0.119 e. The molecule has 0 amide bonds. The van der Waals surface area contributed by atoms with E-state index >= 15 is 0 Å². The van der Waals surface area contributed by atoms with Gasteiger partial charge in [-0.05, 0) is 77.3 Å². The van der Waals surface area contributed by atoms with Crippen molar-refractivity contribution in [2.24, 2.45) is 0 Å². The molecule has 2 nitrogen and oxygen atoms in total. The number of thiophene rings is 2. The van der Waals surface area contributed by atoms with Crippen LogP contribution in [-0.2, 0) is 0 Å². The molecule has 0 saturated carbocycles. The lowest BCUT2D eigenvalue weighted by Crippen LogP contribution is -2.55. The summed E-state index contributed by atoms with van der Waals surface area (Å²) in [6, 6.07) is 52.4. The van der Waals surface area contributed by atoms with Crippen LogP contribution in [-0.4, -0.2) is 18.0 Å². The highest BCUT2D eigenvalue weighted by molar-refractivity contribution is 7.19. The van der Waals surface area contributed by atoms with Gasteiger partial charge in [-0.2, -0.15) is 0 Å². The third-order valence-corrected chi connectivity index (χ3v) is 20.0. The van der Waals surface area contributed by atoms with Crippen molar-refractivity contribution in [1.29, 1.82) is 0 Å². The molecule has 0 atom stereocenters. The van der Waals surface area contributed by atoms with Crippen LogP contribution >= 0.6 is 22.7 Å². The lowest BCUT2D eigenvalue weighted by atomic mass is 10.0. The molecule has 1 aliphatic rings. The molecule has 0 radical (unpaired) electrons. The third kappa shape index (κ3) is 7.70. The molecule has 0 N–H and O–H groups in total. The average molecular weight is 823 g/mol. The third-order valence-electron chi connectivity index (χ3n) is 12.5. The highest BCUT2D eigenvalue weighted by Gasteiger charge is 2.44. The second-order valence-corrected chi connectivity index (χ2v) is 23.2. The minimum absolute atomic E-state index is 0.911. The number of unbranched alkanes of at least 4 members (excludes halogenated alkanes) is 6. The zero-order valence-electron chi connectivity index (χ0n) is 35.0. The van der Waals surface area contributed by atoms with Crippen LogP contribution in [0.1, 0.15) is 75.7 Å². The number of aromatic nitrogens is 2. The van der Waals surface area contributed by atoms with Crippen LogP contribution in [0, 0.1) is 13.8 Å². The summed E-state index contributed by atoms with van der Waals surface area (Å²) in [5.41, 5.74) is 13.9. The van der Waals surface area contributed by atoms with Crippen LogP contribution in [0.2, 0.25) is 12.1 Å². The molecule has 0 saturated heterocycles. The van der Waals surface area contributed by atoms with Crippen molar-refractivity contribution in [2.75, 3.05) is 0 Å². The van der Waals surface area contributed by atoms with Gasteiger partial charge in [-0.1, -0.05) is 180 Å². The van der Waals surface area contributed by atoms with E-state index in [0.29, 0.717) is 0 Å². The Bertz CT molecular complexity index is 2720. The predicted octanol–water partition coefficient (Wildman–Crippen LogP) is 15.4. The number of hydrogen-bond acceptors (Lipinski definition) is 4. The summed E-state index contributed by atoms with van der Waals surface area (Å²) in [6.45, 7) is 9.14. The fourth-order valence-electron chi connectivity index (χ4n) is 9.48. The minimum atomic E-state index is -1.98. The average Bonchev–Trinajstić information content (AvgIpc) is 4.01. The largest absolute Gasteiger partial charge is 0.243 e. The second-order valence-electron chi connectivity index (χ2n) is 16.6. The van der Waals surface area contributed by atoms with Crippen molar-refractivity contribution < 1.29 is 0 Å². The summed E-state index contributed by atoms with van der Waals surface area (Å²) < 4.78 is 0. The Hall–Kier alpha value is -4.94. The van der Waals surface area contributed by atoms with Gasteiger partial charge >= 0.3 is 0 Å². The first-order valence-electron chi connectivity index (χ1n) is 21.9. The van der Waals surface area contributed by atoms with Crippen LogP contribution in [0.25, 0.3) is 76.0 Å². The van der Waals surface area contributed by atoms with E-state index in [9.17, 15) is 0 Å². The van der Waals surface area contributed by atoms with Crippen molar-refractivity contribution in [3.8, 4) is 65.0 Å². The van der Waals surface area contributed by atoms with E-state index < -0.39 is 8.07 Å². The Morgan fingerprint density at radius 1 is 0.441 bits per heavy atom. The van der Waals surface area contributed by atoms with Crippen molar-refractivity contribution in [3.05, 3.63) is 144 Å². The number of fused-ring (bicyclic) bond motifs is 4. The Balaban J connectivity index is 1.18. The quantitative estimate of drug-likeness (QED) is 0.0760. The van der Waals surface area contributed by atoms with Crippen LogP contribution in [0.5, 0.6) is 0 Å². The number of benzene rings is 5. The zero-order chi connectivity index (χ0) is 40.3. The van der Waals surface area contributed by atoms with Gasteiger partial charge in [0, 0.05) is 41.8 Å². The van der Waals surface area contributed by atoms with Crippen molar-refractivity contribution in [1.82, 2.24) is 9.97 Å². The number of nitrogens with zero attached hydrogens (tertiary/aromatic N) is 2. The molecule has 8 aromatic rings. The van der Waals surface area contributed by atoms with Gasteiger partial charge in [0.25, 0.3) is 0 Å². The molecule has 5 aromatic carbocycles. The molecule has 3 aromatic heterocycles. The molecular formula is C54H54N2S2Si. The van der Waals surface area contributed by atoms with E-state index in [2.05, 4.69) is 161 Å². The van der Waals surface area contributed by atoms with Crippen LogP contribution in [0.4, 0.5) is 0 Å². The number of hydrogen-bond donors (Lipinski definition) is 0. The standard InChI is InChI=1S/C54H54N2S2Si/c1-5-7-9-17-33-59(34-18-10-8-6-2)49-35-37(3)23-26-42(49)43-27-25-41(36-50(43)59)46-31-32-48(58-46)45-29-28-44(47-30-24-38(4)57-47)53-54(45)56-52(40-21-15-12-16-22-40)51(55-53)39-19-13-11-14-20-39/h11-16,19-32,35-36H,5-10,17-18,33-34H2,1-4H3. The molecule has 9 rings (SSSR count). The van der Waals surface area contributed by atoms with E-state index in [-0.39, 0.29) is 0 Å². The summed E-state index contributed by atoms with van der Waals surface area (Å²) in [6.07, 6.45) is 10.6. The molecule has 0 spiro atoms. The maximum atomic E-state index is 5.61. The first kappa shape index (κ1) is 39.5. The fourth-order valence-corrected chi connectivity index (χ4v) is 17.1. The summed E-state index contributed by atoms with van der Waals surface area (Å²) in [5, 5.41) is 3.39. The second kappa shape index (κ2) is 17.3. The van der Waals surface area contributed by atoms with Gasteiger partial charge in [-0.15, -0.1) is 22.7 Å². The van der Waals surface area contributed by atoms with Crippen molar-refractivity contribution >= 4 is 52.2 Å². The highest BCUT2D eigenvalue weighted by atomic mass is 32.1. The molecule has 5 heteroatoms. The normalized spacial score (nSPS) is 12.9. The summed E-state index contributed by atoms with van der Waals surface area (Å²) in [5.74, 6) is 0. The van der Waals surface area contributed by atoms with Gasteiger partial charge in [0.2, 0.25) is 0 Å². The lowest BCUT2D eigenvalue weighted by molar-refractivity contribution is 0.684.